The van der Waals surface area contributed by atoms with Crippen molar-refractivity contribution in [2.24, 2.45) is 7.05 Å². The second kappa shape index (κ2) is 40.0. The molecule has 0 saturated carbocycles. The Balaban J connectivity index is 0.00000154. The summed E-state index contributed by atoms with van der Waals surface area (Å²) in [5.41, 5.74) is 1.71. The van der Waals surface area contributed by atoms with Crippen molar-refractivity contribution in [2.45, 2.75) is 156 Å². The topological polar surface area (TPSA) is 264 Å². The number of halogens is 12. The van der Waals surface area contributed by atoms with Gasteiger partial charge in [-0.25, -0.2) is 4.79 Å². The molecule has 5 atom stereocenters. The third kappa shape index (κ3) is 42.1. The number of nitrogens with zero attached hydrogens (tertiary/aromatic N) is 6. The van der Waals surface area contributed by atoms with Crippen LogP contribution in [0.5, 0.6) is 23.0 Å². The summed E-state index contributed by atoms with van der Waals surface area (Å²) in [6, 6.07) is 16.4. The monoisotopic (exact) mass is 1580 g/mol. The van der Waals surface area contributed by atoms with Crippen LogP contribution in [-0.2, 0) is 93.1 Å². The molecule has 0 radical (unpaired) electrons. The number of aryl methyl sites for hydroxylation is 3. The van der Waals surface area contributed by atoms with Gasteiger partial charge in [0.25, 0.3) is 5.91 Å². The van der Waals surface area contributed by atoms with E-state index < -0.39 is 81.8 Å². The van der Waals surface area contributed by atoms with Gasteiger partial charge in [-0.1, -0.05) is 37.5 Å². The molecule has 4 aromatic rings. The summed E-state index contributed by atoms with van der Waals surface area (Å²) in [5.74, 6) is -0.663. The van der Waals surface area contributed by atoms with Gasteiger partial charge in [0.1, 0.15) is 58.3 Å². The molecule has 1 fully saturated rings. The van der Waals surface area contributed by atoms with Crippen molar-refractivity contribution < 1.29 is 155 Å². The van der Waals surface area contributed by atoms with Crippen LogP contribution in [0.25, 0.3) is 0 Å². The van der Waals surface area contributed by atoms with E-state index in [1.807, 2.05) is 79.6 Å². The van der Waals surface area contributed by atoms with Gasteiger partial charge in [0.05, 0.1) is 63.6 Å². The van der Waals surface area contributed by atoms with Crippen LogP contribution in [0, 0.1) is 0 Å². The maximum atomic E-state index is 13.7. The molecule has 0 unspecified atom stereocenters. The van der Waals surface area contributed by atoms with Crippen molar-refractivity contribution >= 4 is 51.5 Å². The van der Waals surface area contributed by atoms with Gasteiger partial charge in [0.15, 0.2) is 59.5 Å². The first-order chi connectivity index (χ1) is 49.1. The van der Waals surface area contributed by atoms with E-state index in [0.29, 0.717) is 114 Å². The van der Waals surface area contributed by atoms with Crippen molar-refractivity contribution in [3.63, 3.8) is 0 Å². The second-order valence-electron chi connectivity index (χ2n) is 25.2. The summed E-state index contributed by atoms with van der Waals surface area (Å²) in [4.78, 5) is 79.2. The fourth-order valence-electron chi connectivity index (χ4n) is 10.1. The van der Waals surface area contributed by atoms with E-state index in [2.05, 4.69) is 6.20 Å². The maximum absolute atomic E-state index is 13.7. The number of unbranched alkanes of at least 4 members (excludes halogenated alkanes) is 6. The first-order valence-corrected chi connectivity index (χ1v) is 37.8. The Morgan fingerprint density at radius 1 is 0.557 bits per heavy atom. The molecule has 604 valence electrons. The van der Waals surface area contributed by atoms with Gasteiger partial charge in [-0.05, 0) is 82.7 Å². The number of aromatic nitrogens is 4. The minimum atomic E-state index is -10.7. The first-order valence-electron chi connectivity index (χ1n) is 33.8. The second-order valence-corrected chi connectivity index (χ2v) is 29.0. The van der Waals surface area contributed by atoms with E-state index in [0.717, 1.165) is 89.4 Å². The first kappa shape index (κ1) is 90.8. The van der Waals surface area contributed by atoms with Crippen LogP contribution in [0.1, 0.15) is 128 Å². The molecule has 6 rings (SSSR count). The van der Waals surface area contributed by atoms with Gasteiger partial charge >= 0.3 is 102 Å². The molecular weight excluding hydrogens is 1490 g/mol. The normalized spacial score (nSPS) is 19.4. The number of para-hydroxylation sites is 2. The quantitative estimate of drug-likeness (QED) is 0.0167. The fourth-order valence-corrected chi connectivity index (χ4v) is 10.1. The number of rotatable bonds is 23. The van der Waals surface area contributed by atoms with Gasteiger partial charge < -0.3 is 76.1 Å². The van der Waals surface area contributed by atoms with Gasteiger partial charge in [0.2, 0.25) is 6.10 Å². The number of amides is 2. The van der Waals surface area contributed by atoms with Crippen LogP contribution in [-0.4, -0.2) is 192 Å². The summed E-state index contributed by atoms with van der Waals surface area (Å²) in [7, 11) is -17.6. The number of esters is 4. The van der Waals surface area contributed by atoms with Gasteiger partial charge in [0, 0.05) is 72.9 Å². The Morgan fingerprint density at radius 3 is 1.49 bits per heavy atom. The Hall–Kier alpha value is -7.63. The molecule has 26 nitrogen and oxygen atoms in total. The number of hydrogen-bond donors (Lipinski definition) is 0. The number of hydrogen-bond acceptors (Lipinski definition) is 21. The van der Waals surface area contributed by atoms with Crippen molar-refractivity contribution in [3.05, 3.63) is 90.0 Å². The number of benzene rings is 2. The van der Waals surface area contributed by atoms with Crippen molar-refractivity contribution in [2.75, 3.05) is 106 Å². The van der Waals surface area contributed by atoms with Crippen molar-refractivity contribution in [1.82, 2.24) is 19.7 Å². The van der Waals surface area contributed by atoms with Crippen LogP contribution >= 0.6 is 15.6 Å². The minimum absolute atomic E-state index is 0.206. The number of carbonyl (C=O) groups is 6. The summed E-state index contributed by atoms with van der Waals surface area (Å²) in [6.45, 7) is 16.3. The number of ether oxygens (including phenoxy) is 14. The molecule has 0 bridgehead atoms. The van der Waals surface area contributed by atoms with Gasteiger partial charge in [-0.3, -0.25) is 24.0 Å². The van der Waals surface area contributed by atoms with Crippen LogP contribution in [0.2, 0.25) is 0 Å². The molecule has 2 amide bonds. The van der Waals surface area contributed by atoms with E-state index in [1.54, 1.807) is 41.4 Å². The zero-order chi connectivity index (χ0) is 79.1. The zero-order valence-electron chi connectivity index (χ0n) is 60.5. The number of fused-ring (bicyclic) bond motifs is 2. The van der Waals surface area contributed by atoms with Crippen LogP contribution in [0.3, 0.4) is 0 Å². The third-order valence-corrected chi connectivity index (χ3v) is 14.5. The van der Waals surface area contributed by atoms with Crippen LogP contribution < -0.4 is 28.2 Å². The Kier molecular flexibility index (Phi) is 34.2. The molecule has 2 aromatic heterocycles. The standard InChI is InChI=1S/C66H96N6O20.2F6P/c1-48(73)87-47-59-60(88-49(2)74)61(89-50(3)75)62(90-51(4)76)64(91-59)70-30-25-53(26-31-70)63(77)68(8)27-17-12-13-19-29-72-46-54(69(9)67-72)20-14-10-11-18-28-71(65(78)92-66(5,6)7)45-52-23-24-57-58(44-52)86-43-39-82-35-34-80-37-41-84-56-22-16-15-21-55(56)83-40-36-79-32-33-81-38-42-85-57;2*1-7(2,3,4,5)6/h15-16,21-26,30-31,44,46,59-62,64H,10-14,17-20,27-29,32-43,45,47H2,1-9H3;;/q+2;2*-1/t59-,60-,61+,62+,64+;;/m1../s1. The molecule has 1 saturated heterocycles. The van der Waals surface area contributed by atoms with E-state index in [9.17, 15) is 79.1 Å². The van der Waals surface area contributed by atoms with Gasteiger partial charge in [-0.2, -0.15) is 4.57 Å². The Labute approximate surface area is 605 Å². The predicted octanol–water partition coefficient (Wildman–Crippen LogP) is 13.2. The van der Waals surface area contributed by atoms with Gasteiger partial charge in [-0.15, -0.1) is 9.36 Å². The van der Waals surface area contributed by atoms with E-state index in [4.69, 9.17) is 71.5 Å². The zero-order valence-corrected chi connectivity index (χ0v) is 62.3. The molecule has 4 heterocycles. The molecule has 40 heteroatoms. The van der Waals surface area contributed by atoms with Crippen molar-refractivity contribution in [1.29, 1.82) is 0 Å². The molecule has 0 spiro atoms. The summed E-state index contributed by atoms with van der Waals surface area (Å²) >= 11 is 0. The Morgan fingerprint density at radius 2 is 1.00 bits per heavy atom. The SMILES string of the molecule is CC(=O)OC[C@H]1O[C@H]([n+]2ccc(C(=O)N(C)CCCCCC[n+]3cc(CCCCCCN(Cc4ccc5c(c4)OCCOCCOCCOc4ccccc4OCCOCCOCCO5)C(=O)OC(C)(C)C)n(C)n3)cc2)[C@@H](OC(C)=O)[C@@H](OC(C)=O)[C@@H]1OC(C)=O.F[P-](F)(F)(F)(F)F.F[P-](F)(F)(F)(F)F. The number of pyridine rings is 1. The molecule has 2 aliphatic heterocycles. The average molecular weight is 1580 g/mol. The summed E-state index contributed by atoms with van der Waals surface area (Å²) in [6.07, 6.45) is 6.72. The van der Waals surface area contributed by atoms with Crippen LogP contribution in [0.15, 0.2) is 73.2 Å². The van der Waals surface area contributed by atoms with E-state index in [1.165, 1.54) is 18.4 Å². The molecule has 0 aliphatic carbocycles. The predicted molar refractivity (Wildman–Crippen MR) is 357 cm³/mol. The molecule has 106 heavy (non-hydrogen) atoms. The van der Waals surface area contributed by atoms with Crippen molar-refractivity contribution in [3.8, 4) is 23.0 Å². The molecule has 2 aliphatic rings. The van der Waals surface area contributed by atoms with Crippen LogP contribution in [0.4, 0.5) is 55.2 Å². The summed E-state index contributed by atoms with van der Waals surface area (Å²) < 4.78 is 205. The summed E-state index contributed by atoms with van der Waals surface area (Å²) in [5, 5.41) is 4.72. The number of carbonyl (C=O) groups excluding carboxylic acids is 6. The fraction of sp³-hybridized carbons (Fsp3) is 0.621. The van der Waals surface area contributed by atoms with E-state index >= 15 is 0 Å². The average Bonchev–Trinajstić information content (AvgIpc) is 0.967. The molecule has 2 aromatic carbocycles. The molecule has 0 N–H and O–H groups in total. The molecular formula is C66H96F12N6O20P2. The Bertz CT molecular complexity index is 3390. The third-order valence-electron chi connectivity index (χ3n) is 14.5. The van der Waals surface area contributed by atoms with E-state index in [-0.39, 0.29) is 25.7 Å².